The molecule has 0 aromatic heterocycles. The van der Waals surface area contributed by atoms with Crippen LogP contribution in [0.3, 0.4) is 0 Å². The van der Waals surface area contributed by atoms with Crippen LogP contribution in [0.15, 0.2) is 42.5 Å². The van der Waals surface area contributed by atoms with E-state index in [4.69, 9.17) is 16.3 Å². The molecule has 0 aliphatic carbocycles. The molecule has 0 aliphatic heterocycles. The van der Waals surface area contributed by atoms with Crippen molar-refractivity contribution in [2.45, 2.75) is 6.18 Å². The van der Waals surface area contributed by atoms with Crippen molar-refractivity contribution < 1.29 is 22.7 Å². The van der Waals surface area contributed by atoms with Gasteiger partial charge in [0, 0.05) is 11.4 Å². The molecule has 0 bridgehead atoms. The molecule has 24 heavy (non-hydrogen) atoms. The Morgan fingerprint density at radius 3 is 2.54 bits per heavy atom. The molecule has 0 heterocycles. The summed E-state index contributed by atoms with van der Waals surface area (Å²) in [5, 5.41) is 5.56. The predicted octanol–water partition coefficient (Wildman–Crippen LogP) is 4.42. The number of nitrogens with one attached hydrogen (secondary N) is 2. The van der Waals surface area contributed by atoms with E-state index >= 15 is 0 Å². The Kier molecular flexibility index (Phi) is 5.56. The van der Waals surface area contributed by atoms with Gasteiger partial charge in [-0.15, -0.1) is 0 Å². The van der Waals surface area contributed by atoms with Crippen molar-refractivity contribution in [1.29, 1.82) is 0 Å². The fourth-order valence-corrected chi connectivity index (χ4v) is 2.19. The third kappa shape index (κ3) is 4.79. The van der Waals surface area contributed by atoms with Crippen molar-refractivity contribution in [1.82, 2.24) is 0 Å². The molecule has 2 rings (SSSR count). The summed E-state index contributed by atoms with van der Waals surface area (Å²) in [6.45, 7) is -0.190. The zero-order valence-electron chi connectivity index (χ0n) is 12.6. The van der Waals surface area contributed by atoms with E-state index in [-0.39, 0.29) is 12.2 Å². The number of alkyl halides is 3. The van der Waals surface area contributed by atoms with Crippen molar-refractivity contribution in [3.8, 4) is 5.75 Å². The highest BCUT2D eigenvalue weighted by Crippen LogP contribution is 2.30. The monoisotopic (exact) mass is 358 g/mol. The third-order valence-corrected chi connectivity index (χ3v) is 3.37. The molecule has 2 aromatic carbocycles. The van der Waals surface area contributed by atoms with Gasteiger partial charge in [-0.2, -0.15) is 13.2 Å². The lowest BCUT2D eigenvalue weighted by Crippen LogP contribution is -2.21. The quantitative estimate of drug-likeness (QED) is 0.832. The molecule has 2 aromatic rings. The summed E-state index contributed by atoms with van der Waals surface area (Å²) in [7, 11) is 1.47. The first-order valence-corrected chi connectivity index (χ1v) is 7.22. The second kappa shape index (κ2) is 7.44. The van der Waals surface area contributed by atoms with Gasteiger partial charge < -0.3 is 15.4 Å². The van der Waals surface area contributed by atoms with Gasteiger partial charge >= 0.3 is 6.18 Å². The zero-order valence-corrected chi connectivity index (χ0v) is 13.3. The smallest absolute Gasteiger partial charge is 0.416 e. The third-order valence-electron chi connectivity index (χ3n) is 3.08. The van der Waals surface area contributed by atoms with Crippen LogP contribution >= 0.6 is 11.6 Å². The lowest BCUT2D eigenvalue weighted by Gasteiger charge is -2.11. The summed E-state index contributed by atoms with van der Waals surface area (Å²) in [6.07, 6.45) is -4.43. The van der Waals surface area contributed by atoms with Gasteiger partial charge in [-0.05, 0) is 36.4 Å². The zero-order chi connectivity index (χ0) is 17.7. The number of amides is 1. The van der Waals surface area contributed by atoms with Gasteiger partial charge in [-0.1, -0.05) is 17.7 Å². The maximum Gasteiger partial charge on any atom is 0.416 e. The minimum absolute atomic E-state index is 0.190. The molecule has 0 saturated carbocycles. The number of halogens is 4. The summed E-state index contributed by atoms with van der Waals surface area (Å²) in [5.41, 5.74) is -0.126. The Morgan fingerprint density at radius 2 is 1.92 bits per heavy atom. The molecule has 128 valence electrons. The summed E-state index contributed by atoms with van der Waals surface area (Å²) >= 11 is 5.95. The number of hydrogen-bond acceptors (Lipinski definition) is 3. The molecule has 0 atom stereocenters. The molecule has 0 aliphatic rings. The number of hydrogen-bond donors (Lipinski definition) is 2. The molecular formula is C16H14ClF3N2O2. The standard InChI is InChI=1S/C16H14ClF3N2O2/c1-24-14-6-5-12(8-13(14)17)22-15(23)9-21-11-4-2-3-10(7-11)16(18,19)20/h2-8,21H,9H2,1H3,(H,22,23). The van der Waals surface area contributed by atoms with Gasteiger partial charge in [0.05, 0.1) is 24.2 Å². The number of methoxy groups -OCH3 is 1. The SMILES string of the molecule is COc1ccc(NC(=O)CNc2cccc(C(F)(F)F)c2)cc1Cl. The van der Waals surface area contributed by atoms with Crippen molar-refractivity contribution in [2.75, 3.05) is 24.3 Å². The number of benzene rings is 2. The van der Waals surface area contributed by atoms with Gasteiger partial charge in [0.25, 0.3) is 0 Å². The molecule has 2 N–H and O–H groups in total. The summed E-state index contributed by atoms with van der Waals surface area (Å²) in [5.74, 6) is 0.0467. The van der Waals surface area contributed by atoms with E-state index < -0.39 is 17.6 Å². The second-order valence-electron chi connectivity index (χ2n) is 4.83. The average Bonchev–Trinajstić information content (AvgIpc) is 2.53. The maximum absolute atomic E-state index is 12.6. The highest BCUT2D eigenvalue weighted by atomic mass is 35.5. The van der Waals surface area contributed by atoms with Crippen LogP contribution in [0.5, 0.6) is 5.75 Å². The predicted molar refractivity (Wildman–Crippen MR) is 86.6 cm³/mol. The van der Waals surface area contributed by atoms with Crippen LogP contribution in [0, 0.1) is 0 Å². The Hall–Kier alpha value is -2.41. The molecule has 1 amide bonds. The highest BCUT2D eigenvalue weighted by molar-refractivity contribution is 6.32. The summed E-state index contributed by atoms with van der Waals surface area (Å²) in [4.78, 5) is 11.9. The molecule has 0 spiro atoms. The Morgan fingerprint density at radius 1 is 1.17 bits per heavy atom. The molecule has 0 fully saturated rings. The van der Waals surface area contributed by atoms with Gasteiger partial charge in [-0.3, -0.25) is 4.79 Å². The van der Waals surface area contributed by atoms with Crippen LogP contribution in [-0.2, 0) is 11.0 Å². The van der Waals surface area contributed by atoms with E-state index in [1.807, 2.05) is 0 Å². The number of carbonyl (C=O) groups excluding carboxylic acids is 1. The van der Waals surface area contributed by atoms with Crippen LogP contribution in [0.1, 0.15) is 5.56 Å². The van der Waals surface area contributed by atoms with E-state index in [1.165, 1.54) is 25.3 Å². The average molecular weight is 359 g/mol. The first kappa shape index (κ1) is 17.9. The lowest BCUT2D eigenvalue weighted by molar-refractivity contribution is -0.137. The molecule has 4 nitrogen and oxygen atoms in total. The number of rotatable bonds is 5. The van der Waals surface area contributed by atoms with E-state index in [9.17, 15) is 18.0 Å². The van der Waals surface area contributed by atoms with Crippen LogP contribution in [0.2, 0.25) is 5.02 Å². The molecule has 0 radical (unpaired) electrons. The topological polar surface area (TPSA) is 50.4 Å². The summed E-state index contributed by atoms with van der Waals surface area (Å²) < 4.78 is 42.9. The fourth-order valence-electron chi connectivity index (χ4n) is 1.94. The van der Waals surface area contributed by atoms with Crippen molar-refractivity contribution >= 4 is 28.9 Å². The Balaban J connectivity index is 1.95. The van der Waals surface area contributed by atoms with Crippen LogP contribution in [0.4, 0.5) is 24.5 Å². The first-order chi connectivity index (χ1) is 11.3. The van der Waals surface area contributed by atoms with Crippen molar-refractivity contribution in [3.63, 3.8) is 0 Å². The number of anilines is 2. The Labute approximate surface area is 141 Å². The highest BCUT2D eigenvalue weighted by Gasteiger charge is 2.30. The largest absolute Gasteiger partial charge is 0.495 e. The molecule has 0 saturated heterocycles. The minimum Gasteiger partial charge on any atom is -0.495 e. The fraction of sp³-hybridized carbons (Fsp3) is 0.188. The normalized spacial score (nSPS) is 11.0. The van der Waals surface area contributed by atoms with E-state index in [0.717, 1.165) is 12.1 Å². The van der Waals surface area contributed by atoms with E-state index in [2.05, 4.69) is 10.6 Å². The molecular weight excluding hydrogens is 345 g/mol. The number of carbonyl (C=O) groups is 1. The van der Waals surface area contributed by atoms with Gasteiger partial charge in [0.15, 0.2) is 0 Å². The van der Waals surface area contributed by atoms with Crippen LogP contribution < -0.4 is 15.4 Å². The van der Waals surface area contributed by atoms with Gasteiger partial charge in [0.1, 0.15) is 5.75 Å². The van der Waals surface area contributed by atoms with Crippen molar-refractivity contribution in [3.05, 3.63) is 53.1 Å². The Bertz CT molecular complexity index is 736. The van der Waals surface area contributed by atoms with Crippen LogP contribution in [-0.4, -0.2) is 19.6 Å². The van der Waals surface area contributed by atoms with Crippen LogP contribution in [0.25, 0.3) is 0 Å². The first-order valence-electron chi connectivity index (χ1n) is 6.84. The van der Waals surface area contributed by atoms with E-state index in [0.29, 0.717) is 16.5 Å². The van der Waals surface area contributed by atoms with Crippen molar-refractivity contribution in [2.24, 2.45) is 0 Å². The molecule has 8 heteroatoms. The summed E-state index contributed by atoms with van der Waals surface area (Å²) in [6, 6.07) is 9.34. The molecule has 0 unspecified atom stereocenters. The minimum atomic E-state index is -4.43. The number of ether oxygens (including phenoxy) is 1. The van der Waals surface area contributed by atoms with Gasteiger partial charge in [0.2, 0.25) is 5.91 Å². The van der Waals surface area contributed by atoms with Gasteiger partial charge in [-0.25, -0.2) is 0 Å². The van der Waals surface area contributed by atoms with E-state index in [1.54, 1.807) is 12.1 Å². The maximum atomic E-state index is 12.6. The lowest BCUT2D eigenvalue weighted by atomic mass is 10.2. The second-order valence-corrected chi connectivity index (χ2v) is 5.24.